The fourth-order valence-electron chi connectivity index (χ4n) is 3.51. The highest BCUT2D eigenvalue weighted by Gasteiger charge is 2.18. The van der Waals surface area contributed by atoms with Crippen molar-refractivity contribution in [2.45, 2.75) is 169 Å². The van der Waals surface area contributed by atoms with Crippen LogP contribution in [0.25, 0.3) is 10.8 Å². The van der Waals surface area contributed by atoms with Crippen LogP contribution in [0.4, 0.5) is 0 Å². The molecule has 5 nitrogen and oxygen atoms in total. The highest BCUT2D eigenvalue weighted by molar-refractivity contribution is 7.90. The summed E-state index contributed by atoms with van der Waals surface area (Å²) >= 11 is 0. The van der Waals surface area contributed by atoms with Crippen LogP contribution in [-0.4, -0.2) is 27.6 Å². The molecule has 0 aliphatic rings. The van der Waals surface area contributed by atoms with Gasteiger partial charge in [-0.2, -0.15) is 8.42 Å². The van der Waals surface area contributed by atoms with E-state index in [1.807, 2.05) is 151 Å². The van der Waals surface area contributed by atoms with Gasteiger partial charge in [-0.15, -0.1) is 0 Å². The van der Waals surface area contributed by atoms with E-state index in [0.717, 1.165) is 39.4 Å². The zero-order chi connectivity index (χ0) is 39.7. The maximum absolute atomic E-state index is 11.5. The minimum Gasteiger partial charge on any atom is -0.282 e. The van der Waals surface area contributed by atoms with Crippen LogP contribution in [0.15, 0.2) is 46.2 Å². The molecule has 0 bridgehead atoms. The van der Waals surface area contributed by atoms with Crippen molar-refractivity contribution in [2.24, 2.45) is 0 Å². The van der Waals surface area contributed by atoms with Crippen molar-refractivity contribution >= 4 is 30.7 Å². The summed E-state index contributed by atoms with van der Waals surface area (Å²) in [6.45, 7) is 43.5. The first-order valence-corrected chi connectivity index (χ1v) is 21.3. The van der Waals surface area contributed by atoms with Gasteiger partial charge in [0.05, 0.1) is 9.79 Å². The number of benzene rings is 3. The summed E-state index contributed by atoms with van der Waals surface area (Å²) in [5.74, 6) is 0. The Labute approximate surface area is 295 Å². The molecule has 0 aromatic heterocycles. The lowest BCUT2D eigenvalue weighted by Crippen LogP contribution is -2.03. The van der Waals surface area contributed by atoms with Gasteiger partial charge in [-0.25, -0.2) is 8.42 Å². The standard InChI is InChI=1S/C15H18O3S.C9H12O2S.8C2H6/c1-5-12-6-7-13-9(2)10(3)15(19(16,17)18)8-14(13)11(12)4;1-7-4-5-9(6-8(7)2)12(3,10)11;8*1-2/h6-8H,5H2,1-4H3,(H,16,17,18);4-6H,1-3H3;8*1-2H3. The first-order valence-electron chi connectivity index (χ1n) is 18.0. The second kappa shape index (κ2) is 36.6. The average molecular weight is 703 g/mol. The fraction of sp³-hybridized carbons (Fsp3) is 0.600. The van der Waals surface area contributed by atoms with Gasteiger partial charge in [0.25, 0.3) is 10.1 Å². The molecule has 1 N–H and O–H groups in total. The molecule has 7 heteroatoms. The predicted octanol–water partition coefficient (Wildman–Crippen LogP) is 13.5. The minimum absolute atomic E-state index is 0.00820. The van der Waals surface area contributed by atoms with E-state index >= 15 is 0 Å². The Morgan fingerprint density at radius 1 is 0.511 bits per heavy atom. The summed E-state index contributed by atoms with van der Waals surface area (Å²) in [6.07, 6.45) is 2.12. The van der Waals surface area contributed by atoms with Crippen LogP contribution in [0.5, 0.6) is 0 Å². The van der Waals surface area contributed by atoms with Gasteiger partial charge in [-0.3, -0.25) is 4.55 Å². The highest BCUT2D eigenvalue weighted by Crippen LogP contribution is 2.31. The van der Waals surface area contributed by atoms with Crippen molar-refractivity contribution in [3.8, 4) is 0 Å². The van der Waals surface area contributed by atoms with E-state index in [9.17, 15) is 21.4 Å². The van der Waals surface area contributed by atoms with Crippen LogP contribution in [0.1, 0.15) is 151 Å². The third kappa shape index (κ3) is 22.9. The number of hydrogen-bond acceptors (Lipinski definition) is 4. The molecule has 3 aromatic carbocycles. The van der Waals surface area contributed by atoms with Crippen molar-refractivity contribution in [1.82, 2.24) is 0 Å². The summed E-state index contributed by atoms with van der Waals surface area (Å²) in [5, 5.41) is 1.94. The Bertz CT molecular complexity index is 1360. The Balaban J connectivity index is -0.0000000988. The molecular weight excluding hydrogens is 625 g/mol. The van der Waals surface area contributed by atoms with Crippen LogP contribution < -0.4 is 0 Å². The lowest BCUT2D eigenvalue weighted by atomic mass is 9.94. The van der Waals surface area contributed by atoms with E-state index in [-0.39, 0.29) is 4.90 Å². The highest BCUT2D eigenvalue weighted by atomic mass is 32.2. The molecular formula is C40H78O5S2. The van der Waals surface area contributed by atoms with Crippen LogP contribution in [0, 0.1) is 34.6 Å². The molecule has 0 spiro atoms. The van der Waals surface area contributed by atoms with E-state index in [1.165, 1.54) is 11.8 Å². The van der Waals surface area contributed by atoms with Crippen molar-refractivity contribution in [3.05, 3.63) is 69.8 Å². The molecule has 0 saturated carbocycles. The predicted molar refractivity (Wildman–Crippen MR) is 217 cm³/mol. The van der Waals surface area contributed by atoms with Crippen LogP contribution in [0.2, 0.25) is 0 Å². The van der Waals surface area contributed by atoms with Crippen LogP contribution in [0.3, 0.4) is 0 Å². The van der Waals surface area contributed by atoms with E-state index in [0.29, 0.717) is 10.5 Å². The van der Waals surface area contributed by atoms with E-state index in [1.54, 1.807) is 25.1 Å². The van der Waals surface area contributed by atoms with Crippen LogP contribution >= 0.6 is 0 Å². The summed E-state index contributed by atoms with van der Waals surface area (Å²) in [5.41, 5.74) is 5.90. The number of fused-ring (bicyclic) bond motifs is 1. The molecule has 0 heterocycles. The Morgan fingerprint density at radius 3 is 1.23 bits per heavy atom. The molecule has 0 aliphatic heterocycles. The van der Waals surface area contributed by atoms with Crippen molar-refractivity contribution in [3.63, 3.8) is 0 Å². The van der Waals surface area contributed by atoms with Gasteiger partial charge >= 0.3 is 0 Å². The molecule has 0 fully saturated rings. The summed E-state index contributed by atoms with van der Waals surface area (Å²) in [4.78, 5) is 0.402. The molecule has 47 heavy (non-hydrogen) atoms. The summed E-state index contributed by atoms with van der Waals surface area (Å²) in [7, 11) is -7.23. The number of aryl methyl sites for hydroxylation is 5. The molecule has 0 atom stereocenters. The third-order valence-corrected chi connectivity index (χ3v) is 7.89. The first kappa shape index (κ1) is 60.1. The largest absolute Gasteiger partial charge is 0.294 e. The van der Waals surface area contributed by atoms with Gasteiger partial charge < -0.3 is 0 Å². The number of hydrogen-bond donors (Lipinski definition) is 1. The maximum atomic E-state index is 11.5. The lowest BCUT2D eigenvalue weighted by molar-refractivity contribution is 0.482. The molecule has 280 valence electrons. The zero-order valence-corrected chi connectivity index (χ0v) is 36.7. The summed E-state index contributed by atoms with van der Waals surface area (Å²) < 4.78 is 54.5. The zero-order valence-electron chi connectivity index (χ0n) is 35.1. The lowest BCUT2D eigenvalue weighted by Gasteiger charge is -2.14. The first-order chi connectivity index (χ1) is 22.2. The Kier molecular flexibility index (Phi) is 46.8. The smallest absolute Gasteiger partial charge is 0.282 e. The van der Waals surface area contributed by atoms with Crippen molar-refractivity contribution in [2.75, 3.05) is 6.26 Å². The van der Waals surface area contributed by atoms with Crippen molar-refractivity contribution < 1.29 is 21.4 Å². The minimum atomic E-state index is -4.18. The molecule has 0 aliphatic carbocycles. The molecule has 0 saturated heterocycles. The van der Waals surface area contributed by atoms with E-state index < -0.39 is 20.0 Å². The van der Waals surface area contributed by atoms with Gasteiger partial charge in [-0.05, 0) is 103 Å². The van der Waals surface area contributed by atoms with Gasteiger partial charge in [0.1, 0.15) is 0 Å². The molecule has 0 amide bonds. The normalized spacial score (nSPS) is 8.85. The molecule has 0 radical (unpaired) electrons. The Hall–Kier alpha value is -2.22. The second-order valence-corrected chi connectivity index (χ2v) is 11.3. The number of sulfone groups is 1. The number of rotatable bonds is 3. The van der Waals surface area contributed by atoms with Gasteiger partial charge in [0.15, 0.2) is 9.84 Å². The van der Waals surface area contributed by atoms with Gasteiger partial charge in [0.2, 0.25) is 0 Å². The monoisotopic (exact) mass is 703 g/mol. The quantitative estimate of drug-likeness (QED) is 0.274. The topological polar surface area (TPSA) is 88.5 Å². The molecule has 3 rings (SSSR count). The maximum Gasteiger partial charge on any atom is 0.294 e. The molecule has 3 aromatic rings. The van der Waals surface area contributed by atoms with E-state index in [2.05, 4.69) is 13.0 Å². The van der Waals surface area contributed by atoms with Crippen molar-refractivity contribution in [1.29, 1.82) is 0 Å². The van der Waals surface area contributed by atoms with Gasteiger partial charge in [0, 0.05) is 6.26 Å². The van der Waals surface area contributed by atoms with E-state index in [4.69, 9.17) is 0 Å². The van der Waals surface area contributed by atoms with Gasteiger partial charge in [-0.1, -0.05) is 136 Å². The average Bonchev–Trinajstić information content (AvgIpc) is 3.10. The fourth-order valence-corrected chi connectivity index (χ4v) is 5.02. The third-order valence-electron chi connectivity index (χ3n) is 5.80. The van der Waals surface area contributed by atoms with Crippen LogP contribution in [-0.2, 0) is 26.4 Å². The Morgan fingerprint density at radius 2 is 0.915 bits per heavy atom. The summed E-state index contributed by atoms with van der Waals surface area (Å²) in [6, 6.07) is 10.9. The second-order valence-electron chi connectivity index (χ2n) is 7.92. The molecule has 0 unspecified atom stereocenters. The SMILES string of the molecule is CC.CC.CC.CC.CC.CC.CC.CC.CCc1ccc2c(C)c(C)c(S(=O)(=O)O)cc2c1C.Cc1ccc(S(C)(=O)=O)cc1C.